The molecule has 0 aliphatic carbocycles. The zero-order valence-corrected chi connectivity index (χ0v) is 19.7. The number of aromatic nitrogens is 1. The van der Waals surface area contributed by atoms with Crippen LogP contribution in [0.25, 0.3) is 10.9 Å². The maximum absolute atomic E-state index is 13.3. The molecule has 0 saturated heterocycles. The third-order valence-corrected chi connectivity index (χ3v) is 7.41. The van der Waals surface area contributed by atoms with Gasteiger partial charge in [-0.3, -0.25) is 13.9 Å². The van der Waals surface area contributed by atoms with Gasteiger partial charge >= 0.3 is 0 Å². The minimum Gasteiger partial charge on any atom is -0.360 e. The Kier molecular flexibility index (Phi) is 7.03. The topological polar surface area (TPSA) is 90.6 Å². The van der Waals surface area contributed by atoms with Gasteiger partial charge in [0.2, 0.25) is 5.43 Å². The Labute approximate surface area is 188 Å². The third kappa shape index (κ3) is 4.41. The van der Waals surface area contributed by atoms with Gasteiger partial charge in [0.25, 0.3) is 15.9 Å². The second kappa shape index (κ2) is 9.56. The Morgan fingerprint density at radius 2 is 1.78 bits per heavy atom. The molecule has 8 heteroatoms. The highest BCUT2D eigenvalue weighted by Crippen LogP contribution is 2.27. The van der Waals surface area contributed by atoms with Crippen molar-refractivity contribution < 1.29 is 13.2 Å². The summed E-state index contributed by atoms with van der Waals surface area (Å²) in [6.07, 6.45) is 3.85. The molecule has 0 radical (unpaired) electrons. The molecule has 0 aliphatic heterocycles. The number of nitrogens with zero attached hydrogens (tertiary/aromatic N) is 2. The van der Waals surface area contributed by atoms with E-state index >= 15 is 0 Å². The minimum atomic E-state index is -3.91. The number of hydrogen-bond acceptors (Lipinski definition) is 4. The number of H-pyrrole nitrogens is 1. The Hall–Kier alpha value is -3.13. The van der Waals surface area contributed by atoms with Gasteiger partial charge in [-0.1, -0.05) is 38.5 Å². The Bertz CT molecular complexity index is 1300. The number of sulfonamides is 1. The van der Waals surface area contributed by atoms with Crippen molar-refractivity contribution in [1.82, 2.24) is 9.88 Å². The van der Waals surface area contributed by atoms with Gasteiger partial charge in [0.15, 0.2) is 0 Å². The van der Waals surface area contributed by atoms with E-state index in [1.165, 1.54) is 34.6 Å². The van der Waals surface area contributed by atoms with Crippen molar-refractivity contribution in [2.24, 2.45) is 0 Å². The van der Waals surface area contributed by atoms with E-state index in [1.807, 2.05) is 26.0 Å². The fourth-order valence-electron chi connectivity index (χ4n) is 3.62. The monoisotopic (exact) mass is 455 g/mol. The van der Waals surface area contributed by atoms with Gasteiger partial charge < -0.3 is 9.88 Å². The van der Waals surface area contributed by atoms with Crippen LogP contribution in [0.5, 0.6) is 0 Å². The number of benzene rings is 2. The fourth-order valence-corrected chi connectivity index (χ4v) is 4.88. The molecule has 1 heterocycles. The number of para-hydroxylation sites is 1. The number of aryl methyl sites for hydroxylation is 1. The van der Waals surface area contributed by atoms with Gasteiger partial charge in [-0.25, -0.2) is 8.42 Å². The number of fused-ring (bicyclic) bond motifs is 1. The highest BCUT2D eigenvalue weighted by atomic mass is 32.2. The van der Waals surface area contributed by atoms with E-state index in [2.05, 4.69) is 4.98 Å². The zero-order chi connectivity index (χ0) is 23.5. The molecule has 32 heavy (non-hydrogen) atoms. The summed E-state index contributed by atoms with van der Waals surface area (Å²) in [5.41, 5.74) is 1.47. The standard InChI is InChI=1S/C24H29N3O4S/c1-5-7-14-26(3)24(29)20-16-25-21-13-12-18(15-19(21)23(20)28)32(30,31)27(4)22-11-9-8-10-17(22)6-2/h8-13,15-16H,5-7,14H2,1-4H3,(H,25,28). The molecule has 0 atom stereocenters. The smallest absolute Gasteiger partial charge is 0.264 e. The van der Waals surface area contributed by atoms with Crippen LogP contribution in [0.15, 0.2) is 58.4 Å². The van der Waals surface area contributed by atoms with Gasteiger partial charge in [-0.2, -0.15) is 0 Å². The lowest BCUT2D eigenvalue weighted by atomic mass is 10.1. The van der Waals surface area contributed by atoms with E-state index in [0.29, 0.717) is 24.2 Å². The summed E-state index contributed by atoms with van der Waals surface area (Å²) < 4.78 is 27.9. The molecule has 0 spiro atoms. The largest absolute Gasteiger partial charge is 0.360 e. The second-order valence-corrected chi connectivity index (χ2v) is 9.74. The number of carbonyl (C=O) groups excluding carboxylic acids is 1. The molecular weight excluding hydrogens is 426 g/mol. The summed E-state index contributed by atoms with van der Waals surface area (Å²) in [5, 5.41) is 0.165. The summed E-state index contributed by atoms with van der Waals surface area (Å²) in [5.74, 6) is -0.385. The number of aromatic amines is 1. The first-order valence-corrected chi connectivity index (χ1v) is 12.1. The van der Waals surface area contributed by atoms with Crippen LogP contribution >= 0.6 is 0 Å². The highest BCUT2D eigenvalue weighted by Gasteiger charge is 2.24. The average molecular weight is 456 g/mol. The quantitative estimate of drug-likeness (QED) is 0.560. The molecule has 3 rings (SSSR count). The third-order valence-electron chi connectivity index (χ3n) is 5.65. The van der Waals surface area contributed by atoms with E-state index in [-0.39, 0.29) is 21.8 Å². The number of amides is 1. The number of rotatable bonds is 8. The summed E-state index contributed by atoms with van der Waals surface area (Å²) in [6.45, 7) is 4.53. The summed E-state index contributed by atoms with van der Waals surface area (Å²) in [4.78, 5) is 30.3. The van der Waals surface area contributed by atoms with Crippen LogP contribution < -0.4 is 9.73 Å². The predicted molar refractivity (Wildman–Crippen MR) is 128 cm³/mol. The first-order valence-electron chi connectivity index (χ1n) is 10.7. The lowest BCUT2D eigenvalue weighted by Crippen LogP contribution is -2.32. The molecule has 0 saturated carbocycles. The Morgan fingerprint density at radius 3 is 2.47 bits per heavy atom. The van der Waals surface area contributed by atoms with Crippen molar-refractivity contribution >= 4 is 32.5 Å². The summed E-state index contributed by atoms with van der Waals surface area (Å²) in [7, 11) is -0.753. The number of carbonyl (C=O) groups is 1. The number of unbranched alkanes of at least 4 members (excludes halogenated alkanes) is 1. The van der Waals surface area contributed by atoms with E-state index in [4.69, 9.17) is 0 Å². The summed E-state index contributed by atoms with van der Waals surface area (Å²) >= 11 is 0. The molecule has 0 aliphatic rings. The van der Waals surface area contributed by atoms with E-state index in [0.717, 1.165) is 18.4 Å². The molecule has 0 fully saturated rings. The normalized spacial score (nSPS) is 11.5. The van der Waals surface area contributed by atoms with Crippen molar-refractivity contribution in [2.75, 3.05) is 24.9 Å². The van der Waals surface area contributed by atoms with Crippen molar-refractivity contribution in [3.63, 3.8) is 0 Å². The number of hydrogen-bond donors (Lipinski definition) is 1. The first-order chi connectivity index (χ1) is 15.2. The van der Waals surface area contributed by atoms with E-state index < -0.39 is 15.5 Å². The molecule has 0 bridgehead atoms. The van der Waals surface area contributed by atoms with E-state index in [1.54, 1.807) is 25.2 Å². The Morgan fingerprint density at radius 1 is 1.06 bits per heavy atom. The van der Waals surface area contributed by atoms with Crippen LogP contribution in [0.2, 0.25) is 0 Å². The zero-order valence-electron chi connectivity index (χ0n) is 18.9. The van der Waals surface area contributed by atoms with Crippen molar-refractivity contribution in [1.29, 1.82) is 0 Å². The van der Waals surface area contributed by atoms with E-state index in [9.17, 15) is 18.0 Å². The van der Waals surface area contributed by atoms with Gasteiger partial charge in [0.05, 0.1) is 10.6 Å². The molecule has 1 amide bonds. The summed E-state index contributed by atoms with van der Waals surface area (Å²) in [6, 6.07) is 11.7. The molecule has 1 N–H and O–H groups in total. The lowest BCUT2D eigenvalue weighted by Gasteiger charge is -2.22. The van der Waals surface area contributed by atoms with Crippen LogP contribution in [0, 0.1) is 0 Å². The van der Waals surface area contributed by atoms with Crippen molar-refractivity contribution in [3.05, 3.63) is 70.0 Å². The Balaban J connectivity index is 2.06. The van der Waals surface area contributed by atoms with Gasteiger partial charge in [-0.15, -0.1) is 0 Å². The molecule has 1 aromatic heterocycles. The number of pyridine rings is 1. The maximum Gasteiger partial charge on any atom is 0.264 e. The number of anilines is 1. The van der Waals surface area contributed by atoms with Crippen LogP contribution in [-0.4, -0.2) is 44.8 Å². The maximum atomic E-state index is 13.3. The molecule has 7 nitrogen and oxygen atoms in total. The molecule has 2 aromatic carbocycles. The average Bonchev–Trinajstić information content (AvgIpc) is 2.81. The van der Waals surface area contributed by atoms with Gasteiger partial charge in [0, 0.05) is 37.7 Å². The van der Waals surface area contributed by atoms with Crippen molar-refractivity contribution in [2.45, 2.75) is 38.0 Å². The van der Waals surface area contributed by atoms with Crippen LogP contribution in [0.4, 0.5) is 5.69 Å². The highest BCUT2D eigenvalue weighted by molar-refractivity contribution is 7.92. The number of nitrogens with one attached hydrogen (secondary N) is 1. The molecule has 170 valence electrons. The van der Waals surface area contributed by atoms with Crippen LogP contribution in [-0.2, 0) is 16.4 Å². The minimum absolute atomic E-state index is 0.00432. The van der Waals surface area contributed by atoms with Crippen molar-refractivity contribution in [3.8, 4) is 0 Å². The molecular formula is C24H29N3O4S. The van der Waals surface area contributed by atoms with Gasteiger partial charge in [0.1, 0.15) is 5.56 Å². The molecule has 0 unspecified atom stereocenters. The predicted octanol–water partition coefficient (Wildman–Crippen LogP) is 3.79. The SMILES string of the molecule is CCCCN(C)C(=O)c1c[nH]c2ccc(S(=O)(=O)N(C)c3ccccc3CC)cc2c1=O. The van der Waals surface area contributed by atoms with Crippen LogP contribution in [0.1, 0.15) is 42.6 Å². The second-order valence-electron chi connectivity index (χ2n) is 7.77. The molecule has 3 aromatic rings. The van der Waals surface area contributed by atoms with Gasteiger partial charge in [-0.05, 0) is 42.7 Å². The first kappa shape index (κ1) is 23.5. The lowest BCUT2D eigenvalue weighted by molar-refractivity contribution is 0.0792. The fraction of sp³-hybridized carbons (Fsp3) is 0.333. The van der Waals surface area contributed by atoms with Crippen LogP contribution in [0.3, 0.4) is 0 Å².